The Morgan fingerprint density at radius 1 is 1.28 bits per heavy atom. The van der Waals surface area contributed by atoms with Crippen LogP contribution in [0.25, 0.3) is 0 Å². The van der Waals surface area contributed by atoms with Crippen molar-refractivity contribution in [1.29, 1.82) is 0 Å². The number of hydrogen-bond acceptors (Lipinski definition) is 2. The number of carbonyl (C=O) groups excluding carboxylic acids is 1. The van der Waals surface area contributed by atoms with E-state index in [1.165, 1.54) is 5.56 Å². The SMILES string of the molecule is CC(C)(C)c1ccccc1NCC(=O)NC1CC1. The molecule has 3 heteroatoms. The van der Waals surface area contributed by atoms with E-state index in [-0.39, 0.29) is 11.3 Å². The van der Waals surface area contributed by atoms with Gasteiger partial charge in [0.1, 0.15) is 0 Å². The molecule has 0 radical (unpaired) electrons. The highest BCUT2D eigenvalue weighted by Crippen LogP contribution is 2.29. The van der Waals surface area contributed by atoms with Gasteiger partial charge in [0.2, 0.25) is 5.91 Å². The lowest BCUT2D eigenvalue weighted by Gasteiger charge is -2.23. The van der Waals surface area contributed by atoms with Crippen LogP contribution in [0.4, 0.5) is 5.69 Å². The zero-order valence-corrected chi connectivity index (χ0v) is 11.4. The Kier molecular flexibility index (Phi) is 3.60. The van der Waals surface area contributed by atoms with Gasteiger partial charge in [-0.3, -0.25) is 4.79 Å². The predicted octanol–water partition coefficient (Wildman–Crippen LogP) is 2.67. The first-order chi connectivity index (χ1) is 8.47. The van der Waals surface area contributed by atoms with E-state index in [0.717, 1.165) is 18.5 Å². The first-order valence-electron chi connectivity index (χ1n) is 6.59. The Morgan fingerprint density at radius 3 is 2.56 bits per heavy atom. The monoisotopic (exact) mass is 246 g/mol. The van der Waals surface area contributed by atoms with Crippen LogP contribution >= 0.6 is 0 Å². The Bertz CT molecular complexity index is 430. The third-order valence-electron chi connectivity index (χ3n) is 3.12. The Balaban J connectivity index is 1.97. The fourth-order valence-corrected chi connectivity index (χ4v) is 1.97. The standard InChI is InChI=1S/C15H22N2O/c1-15(2,3)12-6-4-5-7-13(12)16-10-14(18)17-11-8-9-11/h4-7,11,16H,8-10H2,1-3H3,(H,17,18). The molecule has 1 aliphatic rings. The molecule has 1 amide bonds. The molecule has 1 fully saturated rings. The fourth-order valence-electron chi connectivity index (χ4n) is 1.97. The molecule has 98 valence electrons. The lowest BCUT2D eigenvalue weighted by molar-refractivity contribution is -0.119. The number of nitrogens with one attached hydrogen (secondary N) is 2. The molecule has 1 aromatic rings. The van der Waals surface area contributed by atoms with Crippen molar-refractivity contribution in [3.8, 4) is 0 Å². The van der Waals surface area contributed by atoms with Crippen molar-refractivity contribution in [3.05, 3.63) is 29.8 Å². The van der Waals surface area contributed by atoms with Crippen molar-refractivity contribution in [2.75, 3.05) is 11.9 Å². The zero-order valence-electron chi connectivity index (χ0n) is 11.4. The summed E-state index contributed by atoms with van der Waals surface area (Å²) in [5, 5.41) is 6.22. The number of benzene rings is 1. The zero-order chi connectivity index (χ0) is 13.2. The molecular formula is C15H22N2O. The van der Waals surface area contributed by atoms with Gasteiger partial charge in [-0.1, -0.05) is 39.0 Å². The van der Waals surface area contributed by atoms with Crippen LogP contribution < -0.4 is 10.6 Å². The molecule has 2 rings (SSSR count). The molecule has 18 heavy (non-hydrogen) atoms. The predicted molar refractivity (Wildman–Crippen MR) is 74.8 cm³/mol. The van der Waals surface area contributed by atoms with Gasteiger partial charge in [-0.25, -0.2) is 0 Å². The Hall–Kier alpha value is -1.51. The Labute approximate surface area is 109 Å². The second kappa shape index (κ2) is 5.01. The summed E-state index contributed by atoms with van der Waals surface area (Å²) in [6.45, 7) is 6.89. The van der Waals surface area contributed by atoms with Crippen LogP contribution in [0.5, 0.6) is 0 Å². The molecule has 2 N–H and O–H groups in total. The van der Waals surface area contributed by atoms with Gasteiger partial charge in [0.25, 0.3) is 0 Å². The largest absolute Gasteiger partial charge is 0.376 e. The quantitative estimate of drug-likeness (QED) is 0.857. The van der Waals surface area contributed by atoms with Crippen LogP contribution in [0.2, 0.25) is 0 Å². The molecule has 0 heterocycles. The lowest BCUT2D eigenvalue weighted by atomic mass is 9.86. The second-order valence-electron chi connectivity index (χ2n) is 5.99. The van der Waals surface area contributed by atoms with Crippen LogP contribution in [0.3, 0.4) is 0 Å². The van der Waals surface area contributed by atoms with Gasteiger partial charge in [0.15, 0.2) is 0 Å². The minimum atomic E-state index is 0.0799. The van der Waals surface area contributed by atoms with Crippen LogP contribution in [-0.2, 0) is 10.2 Å². The third-order valence-corrected chi connectivity index (χ3v) is 3.12. The average Bonchev–Trinajstić information content (AvgIpc) is 3.09. The van der Waals surface area contributed by atoms with Crippen molar-refractivity contribution < 1.29 is 4.79 Å². The molecular weight excluding hydrogens is 224 g/mol. The molecule has 0 aliphatic heterocycles. The summed E-state index contributed by atoms with van der Waals surface area (Å²) < 4.78 is 0. The number of para-hydroxylation sites is 1. The molecule has 3 nitrogen and oxygen atoms in total. The molecule has 0 saturated heterocycles. The van der Waals surface area contributed by atoms with E-state index < -0.39 is 0 Å². The minimum Gasteiger partial charge on any atom is -0.376 e. The molecule has 0 spiro atoms. The summed E-state index contributed by atoms with van der Waals surface area (Å²) >= 11 is 0. The number of amides is 1. The van der Waals surface area contributed by atoms with E-state index in [9.17, 15) is 4.79 Å². The smallest absolute Gasteiger partial charge is 0.239 e. The highest BCUT2D eigenvalue weighted by Gasteiger charge is 2.23. The molecule has 1 aliphatic carbocycles. The minimum absolute atomic E-state index is 0.0799. The van der Waals surface area contributed by atoms with Gasteiger partial charge in [-0.15, -0.1) is 0 Å². The van der Waals surface area contributed by atoms with Gasteiger partial charge in [0.05, 0.1) is 6.54 Å². The first kappa shape index (κ1) is 12.9. The van der Waals surface area contributed by atoms with Gasteiger partial charge in [-0.2, -0.15) is 0 Å². The van der Waals surface area contributed by atoms with E-state index in [1.54, 1.807) is 0 Å². The van der Waals surface area contributed by atoms with Gasteiger partial charge < -0.3 is 10.6 Å². The topological polar surface area (TPSA) is 41.1 Å². The maximum atomic E-state index is 11.7. The van der Waals surface area contributed by atoms with Gasteiger partial charge in [0, 0.05) is 11.7 Å². The van der Waals surface area contributed by atoms with E-state index in [0.29, 0.717) is 12.6 Å². The molecule has 1 saturated carbocycles. The number of carbonyl (C=O) groups is 1. The van der Waals surface area contributed by atoms with Crippen molar-refractivity contribution in [1.82, 2.24) is 5.32 Å². The number of rotatable bonds is 4. The second-order valence-corrected chi connectivity index (χ2v) is 5.99. The summed E-state index contributed by atoms with van der Waals surface area (Å²) in [6.07, 6.45) is 2.26. The number of hydrogen-bond donors (Lipinski definition) is 2. The average molecular weight is 246 g/mol. The number of anilines is 1. The van der Waals surface area contributed by atoms with E-state index in [2.05, 4.69) is 37.5 Å². The van der Waals surface area contributed by atoms with Crippen molar-refractivity contribution in [2.24, 2.45) is 0 Å². The highest BCUT2D eigenvalue weighted by molar-refractivity contribution is 5.81. The summed E-state index contributed by atoms with van der Waals surface area (Å²) in [5.74, 6) is 0.0845. The van der Waals surface area contributed by atoms with Crippen molar-refractivity contribution >= 4 is 11.6 Å². The summed E-state index contributed by atoms with van der Waals surface area (Å²) in [4.78, 5) is 11.7. The van der Waals surface area contributed by atoms with Crippen LogP contribution in [-0.4, -0.2) is 18.5 Å². The summed E-state index contributed by atoms with van der Waals surface area (Å²) in [7, 11) is 0. The van der Waals surface area contributed by atoms with Gasteiger partial charge in [-0.05, 0) is 29.9 Å². The molecule has 0 bridgehead atoms. The highest BCUT2D eigenvalue weighted by atomic mass is 16.2. The maximum Gasteiger partial charge on any atom is 0.239 e. The van der Waals surface area contributed by atoms with E-state index >= 15 is 0 Å². The van der Waals surface area contributed by atoms with E-state index in [1.807, 2.05) is 18.2 Å². The Morgan fingerprint density at radius 2 is 1.94 bits per heavy atom. The molecule has 0 atom stereocenters. The maximum absolute atomic E-state index is 11.7. The van der Waals surface area contributed by atoms with Crippen LogP contribution in [0.15, 0.2) is 24.3 Å². The van der Waals surface area contributed by atoms with Crippen molar-refractivity contribution in [2.45, 2.75) is 45.1 Å². The molecule has 1 aromatic carbocycles. The van der Waals surface area contributed by atoms with Gasteiger partial charge >= 0.3 is 0 Å². The van der Waals surface area contributed by atoms with Crippen LogP contribution in [0.1, 0.15) is 39.2 Å². The normalized spacial score (nSPS) is 15.3. The first-order valence-corrected chi connectivity index (χ1v) is 6.59. The lowest BCUT2D eigenvalue weighted by Crippen LogP contribution is -2.31. The summed E-state index contributed by atoms with van der Waals surface area (Å²) in [5.41, 5.74) is 2.37. The third kappa shape index (κ3) is 3.49. The van der Waals surface area contributed by atoms with E-state index in [4.69, 9.17) is 0 Å². The van der Waals surface area contributed by atoms with Crippen LogP contribution in [0, 0.1) is 0 Å². The molecule has 0 unspecified atom stereocenters. The summed E-state index contributed by atoms with van der Waals surface area (Å²) in [6, 6.07) is 8.61. The van der Waals surface area contributed by atoms with Crippen molar-refractivity contribution in [3.63, 3.8) is 0 Å². The fraction of sp³-hybridized carbons (Fsp3) is 0.533. The molecule has 0 aromatic heterocycles.